The molecule has 1 atom stereocenters. The molecule has 1 heterocycles. The van der Waals surface area contributed by atoms with E-state index in [0.717, 1.165) is 22.7 Å². The first kappa shape index (κ1) is 34.2. The fourth-order valence-corrected chi connectivity index (χ4v) is 4.44. The van der Waals surface area contributed by atoms with E-state index in [1.54, 1.807) is 39.1 Å². The zero-order valence-electron chi connectivity index (χ0n) is 23.7. The van der Waals surface area contributed by atoms with Crippen LogP contribution in [-0.2, 0) is 23.9 Å². The fourth-order valence-electron chi connectivity index (χ4n) is 3.47. The second-order valence-electron chi connectivity index (χ2n) is 10.0. The number of aliphatic imine (C=N–C) groups is 1. The van der Waals surface area contributed by atoms with Crippen molar-refractivity contribution < 1.29 is 23.9 Å². The average molecular weight is 666 g/mol. The number of alkyl halides is 3. The van der Waals surface area contributed by atoms with Gasteiger partial charge in [-0.3, -0.25) is 19.4 Å². The Labute approximate surface area is 269 Å². The minimum absolute atomic E-state index is 0.125. The zero-order valence-corrected chi connectivity index (χ0v) is 26.8. The van der Waals surface area contributed by atoms with Gasteiger partial charge >= 0.3 is 11.9 Å². The lowest BCUT2D eigenvalue weighted by Gasteiger charge is -2.23. The number of carbonyl (C=O) groups is 3. The largest absolute Gasteiger partial charge is 0.460 e. The molecule has 2 N–H and O–H groups in total. The summed E-state index contributed by atoms with van der Waals surface area (Å²) in [5, 5.41) is 6.77. The summed E-state index contributed by atoms with van der Waals surface area (Å²) < 4.78 is 8.48. The molecule has 228 valence electrons. The first-order valence-corrected chi connectivity index (χ1v) is 15.2. The Morgan fingerprint density at radius 3 is 2.37 bits per heavy atom. The summed E-state index contributed by atoms with van der Waals surface area (Å²) in [5.74, 6) is -1.85. The van der Waals surface area contributed by atoms with Crippen LogP contribution in [0.2, 0.25) is 0 Å². The number of esters is 2. The van der Waals surface area contributed by atoms with Crippen molar-refractivity contribution in [3.05, 3.63) is 78.5 Å². The van der Waals surface area contributed by atoms with E-state index < -0.39 is 33.4 Å². The maximum atomic E-state index is 12.7. The molecule has 3 rings (SSSR count). The monoisotopic (exact) mass is 664 g/mol. The number of thioether (sulfide) groups is 1. The van der Waals surface area contributed by atoms with E-state index in [2.05, 4.69) is 20.6 Å². The Balaban J connectivity index is 1.77. The molecule has 9 nitrogen and oxygen atoms in total. The van der Waals surface area contributed by atoms with Gasteiger partial charge in [-0.05, 0) is 56.3 Å². The molecule has 0 bridgehead atoms. The first-order chi connectivity index (χ1) is 20.3. The molecule has 2 aromatic carbocycles. The molecule has 1 aromatic heterocycles. The van der Waals surface area contributed by atoms with Crippen LogP contribution in [0.4, 0.5) is 5.69 Å². The van der Waals surface area contributed by atoms with Crippen LogP contribution in [0, 0.1) is 0 Å². The van der Waals surface area contributed by atoms with Gasteiger partial charge in [0.1, 0.15) is 11.5 Å². The number of hydrogen-bond donors (Lipinski definition) is 2. The standard InChI is InChI=1S/C30H31Cl3N4O5S/c1-29(2,3)42-25(40)17-16-24(39)41-19-43-28(35-22-13-7-11-21-12-8-18-34-26(21)22)37-27(30(31,32)33)36-23(38)15-14-20-9-5-4-6-10-20/h4-15,18,27H,16-17,19H2,1-3H3,(H,35,37)(H,36,38)/b15-14+. The van der Waals surface area contributed by atoms with Crippen LogP contribution in [0.15, 0.2) is 77.9 Å². The lowest BCUT2D eigenvalue weighted by molar-refractivity contribution is -0.157. The molecule has 0 saturated heterocycles. The second-order valence-corrected chi connectivity index (χ2v) is 13.3. The smallest absolute Gasteiger partial charge is 0.307 e. The second kappa shape index (κ2) is 16.0. The van der Waals surface area contributed by atoms with Gasteiger partial charge in [0, 0.05) is 17.7 Å². The minimum atomic E-state index is -2.04. The van der Waals surface area contributed by atoms with Crippen molar-refractivity contribution in [3.8, 4) is 0 Å². The van der Waals surface area contributed by atoms with E-state index in [0.29, 0.717) is 11.2 Å². The van der Waals surface area contributed by atoms with E-state index in [1.165, 1.54) is 6.08 Å². The SMILES string of the molecule is CC(C)(C)OC(=O)CCC(=O)OCSC(=NC(NC(=O)/C=C/c1ccccc1)C(Cl)(Cl)Cl)Nc1cccc2cccnc12. The maximum Gasteiger partial charge on any atom is 0.307 e. The Hall–Kier alpha value is -3.31. The normalized spacial score (nSPS) is 13.0. The number of pyridine rings is 1. The summed E-state index contributed by atoms with van der Waals surface area (Å²) in [6, 6.07) is 18.4. The number of hydrogen-bond acceptors (Lipinski definition) is 8. The Kier molecular flexibility index (Phi) is 12.7. The van der Waals surface area contributed by atoms with E-state index in [1.807, 2.05) is 54.6 Å². The van der Waals surface area contributed by atoms with Gasteiger partial charge in [-0.25, -0.2) is 4.99 Å². The van der Waals surface area contributed by atoms with Crippen LogP contribution in [0.5, 0.6) is 0 Å². The number of halogens is 3. The summed E-state index contributed by atoms with van der Waals surface area (Å²) in [4.78, 5) is 45.9. The lowest BCUT2D eigenvalue weighted by atomic mass is 10.2. The number of rotatable bonds is 10. The summed E-state index contributed by atoms with van der Waals surface area (Å²) in [7, 11) is 0. The number of fused-ring (bicyclic) bond motifs is 1. The molecule has 0 aliphatic carbocycles. The van der Waals surface area contributed by atoms with Gasteiger partial charge in [-0.15, -0.1) is 0 Å². The number of ether oxygens (including phenoxy) is 2. The van der Waals surface area contributed by atoms with E-state index >= 15 is 0 Å². The molecule has 0 spiro atoms. The number of anilines is 1. The highest BCUT2D eigenvalue weighted by Gasteiger charge is 2.34. The fraction of sp³-hybridized carbons (Fsp3) is 0.300. The maximum absolute atomic E-state index is 12.7. The number of aromatic nitrogens is 1. The third-order valence-electron chi connectivity index (χ3n) is 5.31. The number of amidine groups is 1. The highest BCUT2D eigenvalue weighted by Crippen LogP contribution is 2.32. The molecule has 43 heavy (non-hydrogen) atoms. The van der Waals surface area contributed by atoms with Gasteiger partial charge in [0.05, 0.1) is 24.0 Å². The highest BCUT2D eigenvalue weighted by atomic mass is 35.6. The molecule has 0 aliphatic rings. The summed E-state index contributed by atoms with van der Waals surface area (Å²) >= 11 is 19.6. The first-order valence-electron chi connectivity index (χ1n) is 13.1. The van der Waals surface area contributed by atoms with Crippen molar-refractivity contribution >= 4 is 92.2 Å². The highest BCUT2D eigenvalue weighted by molar-refractivity contribution is 8.14. The molecule has 0 aliphatic heterocycles. The van der Waals surface area contributed by atoms with Crippen LogP contribution in [0.25, 0.3) is 17.0 Å². The van der Waals surface area contributed by atoms with Crippen LogP contribution in [-0.4, -0.2) is 49.5 Å². The zero-order chi connectivity index (χ0) is 31.5. The molecule has 0 radical (unpaired) electrons. The minimum Gasteiger partial charge on any atom is -0.460 e. The third-order valence-corrected chi connectivity index (χ3v) is 6.64. The van der Waals surface area contributed by atoms with Crippen molar-refractivity contribution in [3.63, 3.8) is 0 Å². The van der Waals surface area contributed by atoms with E-state index in [-0.39, 0.29) is 23.9 Å². The number of carbonyl (C=O) groups excluding carboxylic acids is 3. The quantitative estimate of drug-likeness (QED) is 0.0601. The number of nitrogens with one attached hydrogen (secondary N) is 2. The lowest BCUT2D eigenvalue weighted by Crippen LogP contribution is -2.42. The van der Waals surface area contributed by atoms with Crippen LogP contribution in [0.1, 0.15) is 39.2 Å². The van der Waals surface area contributed by atoms with Gasteiger partial charge in [-0.2, -0.15) is 0 Å². The molecule has 0 fully saturated rings. The van der Waals surface area contributed by atoms with Gasteiger partial charge in [0.25, 0.3) is 0 Å². The molecular weight excluding hydrogens is 635 g/mol. The van der Waals surface area contributed by atoms with Crippen molar-refractivity contribution in [2.24, 2.45) is 4.99 Å². The molecule has 13 heteroatoms. The van der Waals surface area contributed by atoms with Crippen molar-refractivity contribution in [2.75, 3.05) is 11.3 Å². The number of nitrogens with zero attached hydrogens (tertiary/aromatic N) is 2. The molecule has 1 amide bonds. The van der Waals surface area contributed by atoms with Crippen molar-refractivity contribution in [1.82, 2.24) is 10.3 Å². The van der Waals surface area contributed by atoms with Gasteiger partial charge in [0.2, 0.25) is 9.70 Å². The molecular formula is C30H31Cl3N4O5S. The van der Waals surface area contributed by atoms with E-state index in [4.69, 9.17) is 44.3 Å². The Bertz CT molecular complexity index is 1470. The third kappa shape index (κ3) is 12.4. The van der Waals surface area contributed by atoms with Gasteiger partial charge < -0.3 is 20.1 Å². The predicted molar refractivity (Wildman–Crippen MR) is 174 cm³/mol. The summed E-state index contributed by atoms with van der Waals surface area (Å²) in [6.45, 7) is 5.23. The summed E-state index contributed by atoms with van der Waals surface area (Å²) in [6.07, 6.45) is 2.94. The van der Waals surface area contributed by atoms with Crippen LogP contribution >= 0.6 is 46.6 Å². The Morgan fingerprint density at radius 2 is 1.67 bits per heavy atom. The van der Waals surface area contributed by atoms with Crippen LogP contribution in [0.3, 0.4) is 0 Å². The number of amides is 1. The van der Waals surface area contributed by atoms with Crippen molar-refractivity contribution in [1.29, 1.82) is 0 Å². The molecule has 0 saturated carbocycles. The predicted octanol–water partition coefficient (Wildman–Crippen LogP) is 6.88. The Morgan fingerprint density at radius 1 is 0.977 bits per heavy atom. The topological polar surface area (TPSA) is 119 Å². The molecule has 1 unspecified atom stereocenters. The van der Waals surface area contributed by atoms with Crippen molar-refractivity contribution in [2.45, 2.75) is 49.2 Å². The van der Waals surface area contributed by atoms with Gasteiger partial charge in [-0.1, -0.05) is 83.3 Å². The van der Waals surface area contributed by atoms with E-state index in [9.17, 15) is 14.4 Å². The van der Waals surface area contributed by atoms with Gasteiger partial charge in [0.15, 0.2) is 11.3 Å². The van der Waals surface area contributed by atoms with Crippen LogP contribution < -0.4 is 10.6 Å². The average Bonchev–Trinajstić information content (AvgIpc) is 2.94. The number of benzene rings is 2. The number of para-hydroxylation sites is 1. The molecule has 3 aromatic rings. The summed E-state index contributed by atoms with van der Waals surface area (Å²) in [5.41, 5.74) is 1.38.